The zero-order valence-corrected chi connectivity index (χ0v) is 13.9. The van der Waals surface area contributed by atoms with Crippen molar-refractivity contribution in [3.63, 3.8) is 0 Å². The minimum atomic E-state index is -1.11. The molecule has 0 aromatic heterocycles. The molecule has 1 aliphatic heterocycles. The maximum atomic E-state index is 12.0. The highest BCUT2D eigenvalue weighted by atomic mass is 35.5. The van der Waals surface area contributed by atoms with Gasteiger partial charge in [0.15, 0.2) is 6.10 Å². The van der Waals surface area contributed by atoms with E-state index >= 15 is 0 Å². The molecule has 4 amide bonds. The van der Waals surface area contributed by atoms with Gasteiger partial charge in [-0.15, -0.1) is 0 Å². The first-order valence-corrected chi connectivity index (χ1v) is 7.47. The van der Waals surface area contributed by atoms with Crippen LogP contribution < -0.4 is 5.32 Å². The Morgan fingerprint density at radius 1 is 1.33 bits per heavy atom. The molecule has 0 unspecified atom stereocenters. The van der Waals surface area contributed by atoms with Gasteiger partial charge in [-0.3, -0.25) is 19.3 Å². The van der Waals surface area contributed by atoms with Crippen LogP contribution in [-0.4, -0.2) is 59.9 Å². The molecular weight excluding hydrogens is 338 g/mol. The van der Waals surface area contributed by atoms with Crippen molar-refractivity contribution < 1.29 is 23.9 Å². The smallest absolute Gasteiger partial charge is 0.327 e. The third kappa shape index (κ3) is 4.02. The molecule has 1 N–H and O–H groups in total. The van der Waals surface area contributed by atoms with E-state index in [1.165, 1.54) is 18.9 Å². The minimum Gasteiger partial charge on any atom is -0.451 e. The molecule has 24 heavy (non-hydrogen) atoms. The fourth-order valence-corrected chi connectivity index (χ4v) is 2.22. The summed E-state index contributed by atoms with van der Waals surface area (Å²) in [7, 11) is 1.45. The summed E-state index contributed by atoms with van der Waals surface area (Å²) >= 11 is 5.93. The number of likely N-dealkylation sites (N-methyl/N-ethyl adjacent to an activating group) is 1. The average Bonchev–Trinajstić information content (AvgIpc) is 2.75. The number of nitrogens with one attached hydrogen (secondary N) is 1. The lowest BCUT2D eigenvalue weighted by atomic mass is 10.3. The number of hydrogen-bond donors (Lipinski definition) is 1. The zero-order valence-electron chi connectivity index (χ0n) is 13.1. The molecule has 1 saturated heterocycles. The van der Waals surface area contributed by atoms with Gasteiger partial charge in [-0.1, -0.05) is 23.7 Å². The SMILES string of the molecule is C[C@@H](OC(=O)CN1C(=O)CN(C)C1=O)C(=O)Nc1ccccc1Cl. The monoisotopic (exact) mass is 353 g/mol. The van der Waals surface area contributed by atoms with E-state index in [1.807, 2.05) is 0 Å². The van der Waals surface area contributed by atoms with Crippen LogP contribution in [0.5, 0.6) is 0 Å². The first kappa shape index (κ1) is 17.7. The number of urea groups is 1. The third-order valence-corrected chi connectivity index (χ3v) is 3.66. The number of esters is 1. The molecule has 1 aliphatic rings. The van der Waals surface area contributed by atoms with E-state index in [1.54, 1.807) is 24.3 Å². The van der Waals surface area contributed by atoms with E-state index in [4.69, 9.17) is 16.3 Å². The van der Waals surface area contributed by atoms with Gasteiger partial charge in [-0.2, -0.15) is 0 Å². The Kier molecular flexibility index (Phi) is 5.40. The molecule has 0 spiro atoms. The Morgan fingerprint density at radius 3 is 2.58 bits per heavy atom. The Balaban J connectivity index is 1.89. The van der Waals surface area contributed by atoms with Crippen LogP contribution in [0.15, 0.2) is 24.3 Å². The maximum Gasteiger partial charge on any atom is 0.327 e. The van der Waals surface area contributed by atoms with E-state index in [0.29, 0.717) is 10.7 Å². The average molecular weight is 354 g/mol. The van der Waals surface area contributed by atoms with Gasteiger partial charge in [0.1, 0.15) is 13.1 Å². The largest absolute Gasteiger partial charge is 0.451 e. The summed E-state index contributed by atoms with van der Waals surface area (Å²) in [5, 5.41) is 2.88. The van der Waals surface area contributed by atoms with Crippen molar-refractivity contribution in [3.05, 3.63) is 29.3 Å². The van der Waals surface area contributed by atoms with Gasteiger partial charge >= 0.3 is 12.0 Å². The normalized spacial score (nSPS) is 15.5. The van der Waals surface area contributed by atoms with Gasteiger partial charge in [0.25, 0.3) is 11.8 Å². The number of carbonyl (C=O) groups is 4. The number of hydrogen-bond acceptors (Lipinski definition) is 5. The van der Waals surface area contributed by atoms with Crippen LogP contribution in [-0.2, 0) is 19.1 Å². The van der Waals surface area contributed by atoms with E-state index in [9.17, 15) is 19.2 Å². The second-order valence-corrected chi connectivity index (χ2v) is 5.63. The number of amides is 4. The van der Waals surface area contributed by atoms with Crippen LogP contribution in [0.3, 0.4) is 0 Å². The molecule has 0 aliphatic carbocycles. The lowest BCUT2D eigenvalue weighted by Gasteiger charge is -2.17. The number of ether oxygens (including phenoxy) is 1. The quantitative estimate of drug-likeness (QED) is 0.631. The van der Waals surface area contributed by atoms with Gasteiger partial charge in [0.2, 0.25) is 0 Å². The van der Waals surface area contributed by atoms with Gasteiger partial charge < -0.3 is 15.0 Å². The number of para-hydroxylation sites is 1. The lowest BCUT2D eigenvalue weighted by Crippen LogP contribution is -2.39. The van der Waals surface area contributed by atoms with Crippen molar-refractivity contribution in [2.75, 3.05) is 25.5 Å². The number of rotatable bonds is 5. The third-order valence-electron chi connectivity index (χ3n) is 3.33. The van der Waals surface area contributed by atoms with Crippen LogP contribution in [0.1, 0.15) is 6.92 Å². The zero-order chi connectivity index (χ0) is 17.9. The van der Waals surface area contributed by atoms with Gasteiger partial charge in [-0.05, 0) is 19.1 Å². The second-order valence-electron chi connectivity index (χ2n) is 5.22. The Labute approximate surface area is 143 Å². The van der Waals surface area contributed by atoms with E-state index in [-0.39, 0.29) is 6.54 Å². The lowest BCUT2D eigenvalue weighted by molar-refractivity contribution is -0.154. The van der Waals surface area contributed by atoms with Gasteiger partial charge in [0, 0.05) is 7.05 Å². The van der Waals surface area contributed by atoms with Crippen LogP contribution in [0.4, 0.5) is 10.5 Å². The summed E-state index contributed by atoms with van der Waals surface area (Å²) in [4.78, 5) is 49.1. The van der Waals surface area contributed by atoms with E-state index in [0.717, 1.165) is 4.90 Å². The van der Waals surface area contributed by atoms with Crippen molar-refractivity contribution in [1.82, 2.24) is 9.80 Å². The Morgan fingerprint density at radius 2 is 2.00 bits per heavy atom. The second kappa shape index (κ2) is 7.31. The fourth-order valence-electron chi connectivity index (χ4n) is 2.04. The Hall–Kier alpha value is -2.61. The highest BCUT2D eigenvalue weighted by Crippen LogP contribution is 2.20. The van der Waals surface area contributed by atoms with Crippen molar-refractivity contribution in [2.45, 2.75) is 13.0 Å². The summed E-state index contributed by atoms with van der Waals surface area (Å²) < 4.78 is 4.96. The molecule has 1 heterocycles. The van der Waals surface area contributed by atoms with Crippen molar-refractivity contribution in [2.24, 2.45) is 0 Å². The van der Waals surface area contributed by atoms with Crippen molar-refractivity contribution in [1.29, 1.82) is 0 Å². The molecule has 128 valence electrons. The summed E-state index contributed by atoms with van der Waals surface area (Å²) in [5.74, 6) is -1.92. The van der Waals surface area contributed by atoms with Crippen LogP contribution >= 0.6 is 11.6 Å². The van der Waals surface area contributed by atoms with E-state index < -0.39 is 36.5 Å². The molecular formula is C15H16ClN3O5. The molecule has 1 aromatic carbocycles. The standard InChI is InChI=1S/C15H16ClN3O5/c1-9(14(22)17-11-6-4-3-5-10(11)16)24-13(21)8-19-12(20)7-18(2)15(19)23/h3-6,9H,7-8H2,1-2H3,(H,17,22)/t9-/m1/s1. The summed E-state index contributed by atoms with van der Waals surface area (Å²) in [6, 6.07) is 6.04. The number of anilines is 1. The Bertz CT molecular complexity index is 693. The molecule has 0 saturated carbocycles. The molecule has 1 fully saturated rings. The number of halogens is 1. The number of carbonyl (C=O) groups excluding carboxylic acids is 4. The van der Waals surface area contributed by atoms with Crippen LogP contribution in [0, 0.1) is 0 Å². The van der Waals surface area contributed by atoms with Gasteiger partial charge in [0.05, 0.1) is 10.7 Å². The topological polar surface area (TPSA) is 96.0 Å². The molecule has 9 heteroatoms. The number of benzene rings is 1. The fraction of sp³-hybridized carbons (Fsp3) is 0.333. The highest BCUT2D eigenvalue weighted by Gasteiger charge is 2.35. The molecule has 0 radical (unpaired) electrons. The van der Waals surface area contributed by atoms with E-state index in [2.05, 4.69) is 5.32 Å². The van der Waals surface area contributed by atoms with Crippen molar-refractivity contribution in [3.8, 4) is 0 Å². The first-order valence-electron chi connectivity index (χ1n) is 7.10. The van der Waals surface area contributed by atoms with Crippen LogP contribution in [0.2, 0.25) is 5.02 Å². The summed E-state index contributed by atoms with van der Waals surface area (Å²) in [6.45, 7) is 0.754. The number of nitrogens with zero attached hydrogens (tertiary/aromatic N) is 2. The molecule has 1 aromatic rings. The highest BCUT2D eigenvalue weighted by molar-refractivity contribution is 6.33. The summed E-state index contributed by atoms with van der Waals surface area (Å²) in [5.41, 5.74) is 0.388. The molecule has 1 atom stereocenters. The number of imide groups is 1. The molecule has 2 rings (SSSR count). The first-order chi connectivity index (χ1) is 11.3. The summed E-state index contributed by atoms with van der Waals surface area (Å²) in [6.07, 6.45) is -1.11. The molecule has 8 nitrogen and oxygen atoms in total. The maximum absolute atomic E-state index is 12.0. The minimum absolute atomic E-state index is 0.0886. The predicted molar refractivity (Wildman–Crippen MR) is 85.4 cm³/mol. The van der Waals surface area contributed by atoms with Crippen molar-refractivity contribution >= 4 is 41.1 Å². The van der Waals surface area contributed by atoms with Crippen LogP contribution in [0.25, 0.3) is 0 Å². The predicted octanol–water partition coefficient (Wildman–Crippen LogP) is 1.10. The molecule has 0 bridgehead atoms. The van der Waals surface area contributed by atoms with Gasteiger partial charge in [-0.25, -0.2) is 4.79 Å².